The maximum Gasteiger partial charge on any atom is 0.230 e. The summed E-state index contributed by atoms with van der Waals surface area (Å²) < 4.78 is 13.1. The van der Waals surface area contributed by atoms with Crippen LogP contribution < -0.4 is 14.8 Å². The first-order valence-corrected chi connectivity index (χ1v) is 11.5. The predicted octanol–water partition coefficient (Wildman–Crippen LogP) is 4.77. The molecule has 4 aromatic rings. The molecule has 0 aliphatic carbocycles. The summed E-state index contributed by atoms with van der Waals surface area (Å²) >= 11 is 1.43. The number of benzene rings is 3. The topological polar surface area (TPSA) is 65.4 Å². The van der Waals surface area contributed by atoms with E-state index in [0.29, 0.717) is 6.61 Å². The molecule has 162 valence electrons. The van der Waals surface area contributed by atoms with Gasteiger partial charge in [0.05, 0.1) is 36.5 Å². The standard InChI is InChI=1S/C25H23N3O3S/c1-30-18-12-10-17(11-13-18)28-22-8-4-3-7-21(22)27-25(28)32-16-24(29)26-20-14-15-31-23-9-5-2-6-19(20)23/h2-13,20H,14-16H2,1H3,(H,26,29). The van der Waals surface area contributed by atoms with Crippen LogP contribution in [-0.2, 0) is 4.79 Å². The van der Waals surface area contributed by atoms with Crippen molar-refractivity contribution in [2.24, 2.45) is 0 Å². The number of thioether (sulfide) groups is 1. The quantitative estimate of drug-likeness (QED) is 0.433. The Labute approximate surface area is 190 Å². The van der Waals surface area contributed by atoms with E-state index in [2.05, 4.69) is 9.88 Å². The van der Waals surface area contributed by atoms with E-state index in [1.807, 2.05) is 72.8 Å². The lowest BCUT2D eigenvalue weighted by Crippen LogP contribution is -2.33. The van der Waals surface area contributed by atoms with Crippen molar-refractivity contribution >= 4 is 28.7 Å². The number of ether oxygens (including phenoxy) is 2. The summed E-state index contributed by atoms with van der Waals surface area (Å²) in [6, 6.07) is 23.7. The molecule has 5 rings (SSSR count). The van der Waals surface area contributed by atoms with Gasteiger partial charge in [-0.05, 0) is 42.5 Å². The Morgan fingerprint density at radius 2 is 1.91 bits per heavy atom. The number of fused-ring (bicyclic) bond motifs is 2. The molecule has 0 spiro atoms. The second kappa shape index (κ2) is 8.96. The third-order valence-corrected chi connectivity index (χ3v) is 6.43. The summed E-state index contributed by atoms with van der Waals surface area (Å²) in [7, 11) is 1.65. The van der Waals surface area contributed by atoms with Crippen molar-refractivity contribution in [3.8, 4) is 17.2 Å². The van der Waals surface area contributed by atoms with Crippen molar-refractivity contribution in [3.63, 3.8) is 0 Å². The van der Waals surface area contributed by atoms with Gasteiger partial charge in [-0.1, -0.05) is 42.1 Å². The van der Waals surface area contributed by atoms with E-state index in [1.54, 1.807) is 7.11 Å². The first kappa shape index (κ1) is 20.5. The van der Waals surface area contributed by atoms with Crippen LogP contribution >= 0.6 is 11.8 Å². The van der Waals surface area contributed by atoms with Crippen molar-refractivity contribution in [1.82, 2.24) is 14.9 Å². The molecular formula is C25H23N3O3S. The van der Waals surface area contributed by atoms with E-state index in [4.69, 9.17) is 14.5 Å². The predicted molar refractivity (Wildman–Crippen MR) is 126 cm³/mol. The minimum absolute atomic E-state index is 0.0231. The minimum Gasteiger partial charge on any atom is -0.497 e. The third kappa shape index (κ3) is 4.03. The summed E-state index contributed by atoms with van der Waals surface area (Å²) in [4.78, 5) is 17.6. The van der Waals surface area contributed by atoms with Crippen molar-refractivity contribution < 1.29 is 14.3 Å². The fraction of sp³-hybridized carbons (Fsp3) is 0.200. The second-order valence-corrected chi connectivity index (χ2v) is 8.44. The molecule has 1 N–H and O–H groups in total. The fourth-order valence-corrected chi connectivity index (χ4v) is 4.78. The van der Waals surface area contributed by atoms with E-state index < -0.39 is 0 Å². The highest BCUT2D eigenvalue weighted by Gasteiger charge is 2.23. The molecular weight excluding hydrogens is 422 g/mol. The van der Waals surface area contributed by atoms with Gasteiger partial charge in [0.15, 0.2) is 5.16 Å². The van der Waals surface area contributed by atoms with Gasteiger partial charge < -0.3 is 14.8 Å². The molecule has 1 unspecified atom stereocenters. The van der Waals surface area contributed by atoms with Crippen molar-refractivity contribution in [1.29, 1.82) is 0 Å². The molecule has 1 amide bonds. The molecule has 0 bridgehead atoms. The van der Waals surface area contributed by atoms with Gasteiger partial charge in [0.25, 0.3) is 0 Å². The number of aromatic nitrogens is 2. The Balaban J connectivity index is 1.36. The van der Waals surface area contributed by atoms with E-state index in [9.17, 15) is 4.79 Å². The summed E-state index contributed by atoms with van der Waals surface area (Å²) in [5.41, 5.74) is 3.90. The first-order valence-electron chi connectivity index (χ1n) is 10.5. The molecule has 1 aliphatic rings. The molecule has 32 heavy (non-hydrogen) atoms. The molecule has 6 nitrogen and oxygen atoms in total. The van der Waals surface area contributed by atoms with E-state index in [0.717, 1.165) is 45.4 Å². The van der Waals surface area contributed by atoms with Gasteiger partial charge in [0, 0.05) is 17.7 Å². The monoisotopic (exact) mass is 445 g/mol. The van der Waals surface area contributed by atoms with Gasteiger partial charge >= 0.3 is 0 Å². The van der Waals surface area contributed by atoms with Gasteiger partial charge in [-0.2, -0.15) is 0 Å². The van der Waals surface area contributed by atoms with Crippen molar-refractivity contribution in [3.05, 3.63) is 78.4 Å². The molecule has 0 radical (unpaired) electrons. The van der Waals surface area contributed by atoms with Crippen LogP contribution in [0.5, 0.6) is 11.5 Å². The second-order valence-electron chi connectivity index (χ2n) is 7.50. The number of imidazole rings is 1. The van der Waals surface area contributed by atoms with E-state index in [-0.39, 0.29) is 17.7 Å². The minimum atomic E-state index is -0.0338. The zero-order chi connectivity index (χ0) is 21.9. The Morgan fingerprint density at radius 3 is 2.75 bits per heavy atom. The molecule has 1 aromatic heterocycles. The molecule has 3 aromatic carbocycles. The molecule has 0 fully saturated rings. The first-order chi connectivity index (χ1) is 15.7. The average Bonchev–Trinajstić information content (AvgIpc) is 3.21. The molecule has 7 heteroatoms. The number of methoxy groups -OCH3 is 1. The van der Waals surface area contributed by atoms with Crippen LogP contribution in [0.2, 0.25) is 0 Å². The number of nitrogens with one attached hydrogen (secondary N) is 1. The normalized spacial score (nSPS) is 15.1. The molecule has 1 atom stereocenters. The van der Waals surface area contributed by atoms with Crippen LogP contribution in [0, 0.1) is 0 Å². The lowest BCUT2D eigenvalue weighted by molar-refractivity contribution is -0.119. The Hall–Kier alpha value is -3.45. The smallest absolute Gasteiger partial charge is 0.230 e. The molecule has 2 heterocycles. The van der Waals surface area contributed by atoms with E-state index >= 15 is 0 Å². The summed E-state index contributed by atoms with van der Waals surface area (Å²) in [5.74, 6) is 1.89. The lowest BCUT2D eigenvalue weighted by Gasteiger charge is -2.26. The highest BCUT2D eigenvalue weighted by molar-refractivity contribution is 7.99. The fourth-order valence-electron chi connectivity index (χ4n) is 3.94. The Kier molecular flexibility index (Phi) is 5.73. The zero-order valence-corrected chi connectivity index (χ0v) is 18.5. The highest BCUT2D eigenvalue weighted by Crippen LogP contribution is 2.32. The van der Waals surface area contributed by atoms with Crippen molar-refractivity contribution in [2.75, 3.05) is 19.5 Å². The van der Waals surface area contributed by atoms with Crippen LogP contribution in [0.4, 0.5) is 0 Å². The third-order valence-electron chi connectivity index (χ3n) is 5.49. The number of hydrogen-bond donors (Lipinski definition) is 1. The summed E-state index contributed by atoms with van der Waals surface area (Å²) in [6.45, 7) is 0.600. The van der Waals surface area contributed by atoms with Crippen LogP contribution in [0.25, 0.3) is 16.7 Å². The van der Waals surface area contributed by atoms with Crippen LogP contribution in [0.3, 0.4) is 0 Å². The lowest BCUT2D eigenvalue weighted by atomic mass is 10.0. The van der Waals surface area contributed by atoms with Gasteiger partial charge in [0.2, 0.25) is 5.91 Å². The van der Waals surface area contributed by atoms with Crippen LogP contribution in [-0.4, -0.2) is 34.9 Å². The highest BCUT2D eigenvalue weighted by atomic mass is 32.2. The van der Waals surface area contributed by atoms with Crippen LogP contribution in [0.15, 0.2) is 78.0 Å². The Morgan fingerprint density at radius 1 is 1.12 bits per heavy atom. The number of hydrogen-bond acceptors (Lipinski definition) is 5. The maximum absolute atomic E-state index is 12.8. The van der Waals surface area contributed by atoms with Gasteiger partial charge in [0.1, 0.15) is 11.5 Å². The number of carbonyl (C=O) groups excluding carboxylic acids is 1. The summed E-state index contributed by atoms with van der Waals surface area (Å²) in [5, 5.41) is 3.94. The number of nitrogens with zero attached hydrogens (tertiary/aromatic N) is 2. The average molecular weight is 446 g/mol. The Bertz CT molecular complexity index is 1250. The maximum atomic E-state index is 12.8. The zero-order valence-electron chi connectivity index (χ0n) is 17.7. The molecule has 0 saturated heterocycles. The number of amides is 1. The molecule has 0 saturated carbocycles. The van der Waals surface area contributed by atoms with Crippen LogP contribution in [0.1, 0.15) is 18.0 Å². The number of carbonyl (C=O) groups is 1. The van der Waals surface area contributed by atoms with Gasteiger partial charge in [-0.3, -0.25) is 9.36 Å². The number of para-hydroxylation sites is 3. The number of rotatable bonds is 6. The van der Waals surface area contributed by atoms with Gasteiger partial charge in [-0.25, -0.2) is 4.98 Å². The molecule has 1 aliphatic heterocycles. The van der Waals surface area contributed by atoms with Crippen molar-refractivity contribution in [2.45, 2.75) is 17.6 Å². The SMILES string of the molecule is COc1ccc(-n2c(SCC(=O)NC3CCOc4ccccc43)nc3ccccc32)cc1. The largest absolute Gasteiger partial charge is 0.497 e. The van der Waals surface area contributed by atoms with Gasteiger partial charge in [-0.15, -0.1) is 0 Å². The van der Waals surface area contributed by atoms with E-state index in [1.165, 1.54) is 11.8 Å². The summed E-state index contributed by atoms with van der Waals surface area (Å²) in [6.07, 6.45) is 0.762.